The highest BCUT2D eigenvalue weighted by atomic mass is 32.1. The molecule has 3 aromatic rings. The summed E-state index contributed by atoms with van der Waals surface area (Å²) in [5.74, 6) is 0.468. The van der Waals surface area contributed by atoms with E-state index < -0.39 is 6.10 Å². The number of carbonyl (C=O) groups is 1. The van der Waals surface area contributed by atoms with Gasteiger partial charge in [0.25, 0.3) is 5.91 Å². The number of nitrogens with zero attached hydrogens (tertiary/aromatic N) is 2. The number of rotatable bonds is 7. The van der Waals surface area contributed by atoms with Gasteiger partial charge in [-0.15, -0.1) is 10.2 Å². The molecular weight excluding hydrogens is 358 g/mol. The van der Waals surface area contributed by atoms with Crippen molar-refractivity contribution in [2.75, 3.05) is 5.32 Å². The van der Waals surface area contributed by atoms with E-state index in [9.17, 15) is 4.79 Å². The summed E-state index contributed by atoms with van der Waals surface area (Å²) in [5.41, 5.74) is 3.40. The molecule has 0 bridgehead atoms. The van der Waals surface area contributed by atoms with E-state index in [0.717, 1.165) is 17.0 Å². The lowest BCUT2D eigenvalue weighted by atomic mass is 10.2. The van der Waals surface area contributed by atoms with E-state index in [2.05, 4.69) is 22.4 Å². The van der Waals surface area contributed by atoms with Crippen LogP contribution in [0.5, 0.6) is 5.75 Å². The Balaban J connectivity index is 1.65. The third-order valence-electron chi connectivity index (χ3n) is 4.23. The molecule has 6 heteroatoms. The molecule has 1 heterocycles. The average molecular weight is 382 g/mol. The maximum atomic E-state index is 12.6. The van der Waals surface area contributed by atoms with Crippen LogP contribution in [0.25, 0.3) is 10.6 Å². The van der Waals surface area contributed by atoms with Gasteiger partial charge < -0.3 is 4.74 Å². The monoisotopic (exact) mass is 381 g/mol. The van der Waals surface area contributed by atoms with E-state index in [4.69, 9.17) is 4.74 Å². The van der Waals surface area contributed by atoms with Gasteiger partial charge in [-0.1, -0.05) is 67.1 Å². The number of nitrogens with one attached hydrogen (secondary N) is 1. The fourth-order valence-corrected chi connectivity index (χ4v) is 3.31. The Hall–Kier alpha value is -2.73. The first-order chi connectivity index (χ1) is 13.1. The van der Waals surface area contributed by atoms with Gasteiger partial charge in [0.05, 0.1) is 0 Å². The lowest BCUT2D eigenvalue weighted by Gasteiger charge is -2.16. The van der Waals surface area contributed by atoms with Gasteiger partial charge in [0.2, 0.25) is 5.13 Å². The summed E-state index contributed by atoms with van der Waals surface area (Å²) in [4.78, 5) is 12.6. The van der Waals surface area contributed by atoms with E-state index in [0.29, 0.717) is 17.3 Å². The predicted octanol–water partition coefficient (Wildman–Crippen LogP) is 4.87. The number of ether oxygens (including phenoxy) is 1. The molecule has 0 aliphatic heterocycles. The van der Waals surface area contributed by atoms with E-state index in [-0.39, 0.29) is 5.91 Å². The van der Waals surface area contributed by atoms with E-state index in [1.807, 2.05) is 62.4 Å². The molecule has 3 rings (SSSR count). The van der Waals surface area contributed by atoms with Crippen molar-refractivity contribution in [1.29, 1.82) is 0 Å². The summed E-state index contributed by atoms with van der Waals surface area (Å²) in [6, 6.07) is 15.9. The second-order valence-corrected chi connectivity index (χ2v) is 7.26. The summed E-state index contributed by atoms with van der Waals surface area (Å²) in [6.07, 6.45) is 0.952. The minimum atomic E-state index is -0.579. The zero-order valence-corrected chi connectivity index (χ0v) is 16.5. The van der Waals surface area contributed by atoms with Crippen LogP contribution in [0.4, 0.5) is 5.13 Å². The van der Waals surface area contributed by atoms with Crippen LogP contribution in [0.15, 0.2) is 48.5 Å². The third-order valence-corrected chi connectivity index (χ3v) is 5.11. The summed E-state index contributed by atoms with van der Waals surface area (Å²) in [7, 11) is 0. The number of hydrogen-bond donors (Lipinski definition) is 1. The van der Waals surface area contributed by atoms with E-state index in [1.54, 1.807) is 0 Å². The SMILES string of the molecule is CCc1ccc(OC(CC)C(=O)Nc2nnc(-c3ccc(C)cc3)s2)cc1. The molecule has 2 aromatic carbocycles. The van der Waals surface area contributed by atoms with Crippen LogP contribution >= 0.6 is 11.3 Å². The van der Waals surface area contributed by atoms with Crippen molar-refractivity contribution in [2.24, 2.45) is 0 Å². The van der Waals surface area contributed by atoms with Crippen LogP contribution in [0.3, 0.4) is 0 Å². The molecule has 1 aromatic heterocycles. The van der Waals surface area contributed by atoms with Gasteiger partial charge in [-0.2, -0.15) is 0 Å². The van der Waals surface area contributed by atoms with Gasteiger partial charge in [-0.25, -0.2) is 0 Å². The number of hydrogen-bond acceptors (Lipinski definition) is 5. The quantitative estimate of drug-likeness (QED) is 0.634. The highest BCUT2D eigenvalue weighted by Crippen LogP contribution is 2.27. The van der Waals surface area contributed by atoms with Gasteiger partial charge in [-0.05, 0) is 37.5 Å². The van der Waals surface area contributed by atoms with Crippen molar-refractivity contribution in [1.82, 2.24) is 10.2 Å². The molecule has 0 aliphatic rings. The molecule has 5 nitrogen and oxygen atoms in total. The van der Waals surface area contributed by atoms with Crippen molar-refractivity contribution in [3.05, 3.63) is 59.7 Å². The highest BCUT2D eigenvalue weighted by Gasteiger charge is 2.20. The van der Waals surface area contributed by atoms with Crippen molar-refractivity contribution in [2.45, 2.75) is 39.7 Å². The molecule has 0 spiro atoms. The number of benzene rings is 2. The lowest BCUT2D eigenvalue weighted by molar-refractivity contribution is -0.122. The smallest absolute Gasteiger partial charge is 0.267 e. The number of aryl methyl sites for hydroxylation is 2. The number of anilines is 1. The van der Waals surface area contributed by atoms with Crippen molar-refractivity contribution < 1.29 is 9.53 Å². The zero-order valence-electron chi connectivity index (χ0n) is 15.7. The van der Waals surface area contributed by atoms with Gasteiger partial charge in [0.15, 0.2) is 6.10 Å². The summed E-state index contributed by atoms with van der Waals surface area (Å²) >= 11 is 1.35. The number of aromatic nitrogens is 2. The van der Waals surface area contributed by atoms with Crippen molar-refractivity contribution >= 4 is 22.4 Å². The molecule has 0 aliphatic carbocycles. The molecule has 1 amide bonds. The second-order valence-electron chi connectivity index (χ2n) is 6.28. The van der Waals surface area contributed by atoms with Crippen molar-refractivity contribution in [3.8, 4) is 16.3 Å². The lowest BCUT2D eigenvalue weighted by Crippen LogP contribution is -2.32. The molecule has 1 atom stereocenters. The van der Waals surface area contributed by atoms with Crippen LogP contribution in [0.1, 0.15) is 31.4 Å². The predicted molar refractivity (Wildman–Crippen MR) is 109 cm³/mol. The topological polar surface area (TPSA) is 64.1 Å². The minimum Gasteiger partial charge on any atom is -0.481 e. The molecule has 1 unspecified atom stereocenters. The zero-order chi connectivity index (χ0) is 19.2. The molecule has 27 heavy (non-hydrogen) atoms. The van der Waals surface area contributed by atoms with Gasteiger partial charge in [0.1, 0.15) is 10.8 Å². The van der Waals surface area contributed by atoms with Gasteiger partial charge in [-0.3, -0.25) is 10.1 Å². The fourth-order valence-electron chi connectivity index (χ4n) is 2.56. The first kappa shape index (κ1) is 19.0. The highest BCUT2D eigenvalue weighted by molar-refractivity contribution is 7.18. The Labute approximate surface area is 163 Å². The summed E-state index contributed by atoms with van der Waals surface area (Å²) in [6.45, 7) is 6.06. The standard InChI is InChI=1S/C21H23N3O2S/c1-4-15-8-12-17(13-9-15)26-18(5-2)19(25)22-21-24-23-20(27-21)16-10-6-14(3)7-11-16/h6-13,18H,4-5H2,1-3H3,(H,22,24,25). The maximum absolute atomic E-state index is 12.6. The van der Waals surface area contributed by atoms with Crippen LogP contribution in [0, 0.1) is 6.92 Å². The molecule has 0 saturated carbocycles. The van der Waals surface area contributed by atoms with Gasteiger partial charge in [0, 0.05) is 5.56 Å². The van der Waals surface area contributed by atoms with Crippen LogP contribution in [0.2, 0.25) is 0 Å². The first-order valence-corrected chi connectivity index (χ1v) is 9.87. The van der Waals surface area contributed by atoms with Crippen molar-refractivity contribution in [3.63, 3.8) is 0 Å². The minimum absolute atomic E-state index is 0.219. The Bertz CT molecular complexity index is 889. The molecule has 0 saturated heterocycles. The second kappa shape index (κ2) is 8.77. The fraction of sp³-hybridized carbons (Fsp3) is 0.286. The van der Waals surface area contributed by atoms with Gasteiger partial charge >= 0.3 is 0 Å². The third kappa shape index (κ3) is 4.92. The van der Waals surface area contributed by atoms with E-state index in [1.165, 1.54) is 22.5 Å². The van der Waals surface area contributed by atoms with Crippen LogP contribution in [-0.2, 0) is 11.2 Å². The Kier molecular flexibility index (Phi) is 6.19. The molecule has 0 radical (unpaired) electrons. The molecule has 1 N–H and O–H groups in total. The Morgan fingerprint density at radius 3 is 2.41 bits per heavy atom. The summed E-state index contributed by atoms with van der Waals surface area (Å²) in [5, 5.41) is 12.3. The Morgan fingerprint density at radius 2 is 1.78 bits per heavy atom. The summed E-state index contributed by atoms with van der Waals surface area (Å²) < 4.78 is 5.85. The van der Waals surface area contributed by atoms with Crippen LogP contribution < -0.4 is 10.1 Å². The number of amides is 1. The first-order valence-electron chi connectivity index (χ1n) is 9.06. The van der Waals surface area contributed by atoms with E-state index >= 15 is 0 Å². The number of carbonyl (C=O) groups excluding carboxylic acids is 1. The average Bonchev–Trinajstić information content (AvgIpc) is 3.15. The molecule has 0 fully saturated rings. The largest absolute Gasteiger partial charge is 0.481 e. The van der Waals surface area contributed by atoms with Crippen LogP contribution in [-0.4, -0.2) is 22.2 Å². The Morgan fingerprint density at radius 1 is 1.07 bits per heavy atom. The maximum Gasteiger partial charge on any atom is 0.267 e. The molecule has 140 valence electrons. The molecular formula is C21H23N3O2S. The normalized spacial score (nSPS) is 11.8.